The maximum Gasteiger partial charge on any atom is 0.251 e. The summed E-state index contributed by atoms with van der Waals surface area (Å²) in [5, 5.41) is 3.48. The van der Waals surface area contributed by atoms with Crippen molar-refractivity contribution in [3.63, 3.8) is 0 Å². The van der Waals surface area contributed by atoms with Gasteiger partial charge in [0, 0.05) is 28.7 Å². The number of hydrogen-bond donors (Lipinski definition) is 1. The van der Waals surface area contributed by atoms with Crippen LogP contribution in [0.2, 0.25) is 10.0 Å². The fourth-order valence-electron chi connectivity index (χ4n) is 3.56. The number of carbonyl (C=O) groups excluding carboxylic acids is 1. The summed E-state index contributed by atoms with van der Waals surface area (Å²) >= 11 is 11.9. The molecule has 6 heteroatoms. The average molecular weight is 443 g/mol. The Morgan fingerprint density at radius 2 is 1.72 bits per heavy atom. The van der Waals surface area contributed by atoms with E-state index in [0.29, 0.717) is 28.5 Å². The molecule has 1 aromatic carbocycles. The highest BCUT2D eigenvalue weighted by Crippen LogP contribution is 2.26. The number of piperidine rings is 1. The topological polar surface area (TPSA) is 32.3 Å². The van der Waals surface area contributed by atoms with Gasteiger partial charge in [0.05, 0.1) is 6.54 Å². The molecule has 1 aliphatic heterocycles. The molecule has 1 heterocycles. The Labute approximate surface area is 184 Å². The minimum Gasteiger partial charge on any atom is -0.349 e. The van der Waals surface area contributed by atoms with Crippen LogP contribution in [0.5, 0.6) is 0 Å². The lowest BCUT2D eigenvalue weighted by Gasteiger charge is -2.36. The second-order valence-electron chi connectivity index (χ2n) is 7.94. The van der Waals surface area contributed by atoms with Gasteiger partial charge < -0.3 is 10.2 Å². The highest BCUT2D eigenvalue weighted by molar-refractivity contribution is 6.35. The summed E-state index contributed by atoms with van der Waals surface area (Å²) in [7, 11) is 0. The molecule has 0 radical (unpaired) electrons. The standard InChI is InChI=1S/C23H33Cl2FN2O/c1-2-3-4-5-6-7-8-9-12-28-13-10-23(26,11-14-28)18-27-22(29)19-15-20(24)17-21(25)16-19/h6-7,15-17H,2-5,8-14,18H2,1H3,(H,27,29). The first kappa shape index (κ1) is 24.2. The van der Waals surface area contributed by atoms with Crippen molar-refractivity contribution in [3.05, 3.63) is 46.0 Å². The molecule has 162 valence electrons. The summed E-state index contributed by atoms with van der Waals surface area (Å²) in [5.41, 5.74) is -1.00. The van der Waals surface area contributed by atoms with Crippen molar-refractivity contribution in [3.8, 4) is 0 Å². The second kappa shape index (κ2) is 12.6. The molecule has 0 saturated carbocycles. The van der Waals surface area contributed by atoms with Crippen LogP contribution in [0.25, 0.3) is 0 Å². The normalized spacial score (nSPS) is 17.0. The quantitative estimate of drug-likeness (QED) is 0.315. The first-order valence-corrected chi connectivity index (χ1v) is 11.5. The van der Waals surface area contributed by atoms with Gasteiger partial charge in [-0.25, -0.2) is 4.39 Å². The molecule has 1 aliphatic rings. The van der Waals surface area contributed by atoms with Gasteiger partial charge in [-0.3, -0.25) is 4.79 Å². The van der Waals surface area contributed by atoms with Gasteiger partial charge in [-0.2, -0.15) is 0 Å². The zero-order valence-corrected chi connectivity index (χ0v) is 18.9. The lowest BCUT2D eigenvalue weighted by atomic mass is 9.93. The van der Waals surface area contributed by atoms with Crippen molar-refractivity contribution < 1.29 is 9.18 Å². The van der Waals surface area contributed by atoms with E-state index in [4.69, 9.17) is 23.2 Å². The van der Waals surface area contributed by atoms with Crippen LogP contribution < -0.4 is 5.32 Å². The second-order valence-corrected chi connectivity index (χ2v) is 8.82. The summed E-state index contributed by atoms with van der Waals surface area (Å²) in [5.74, 6) is -0.348. The van der Waals surface area contributed by atoms with E-state index < -0.39 is 5.67 Å². The lowest BCUT2D eigenvalue weighted by Crippen LogP contribution is -2.48. The predicted molar refractivity (Wildman–Crippen MR) is 121 cm³/mol. The van der Waals surface area contributed by atoms with Crippen LogP contribution in [-0.4, -0.2) is 42.7 Å². The minimum absolute atomic E-state index is 0.0182. The van der Waals surface area contributed by atoms with Crippen molar-refractivity contribution in [2.45, 2.75) is 64.0 Å². The summed E-state index contributed by atoms with van der Waals surface area (Å²) in [6.45, 7) is 4.70. The van der Waals surface area contributed by atoms with Crippen LogP contribution in [0, 0.1) is 0 Å². The molecule has 1 saturated heterocycles. The number of nitrogens with zero attached hydrogens (tertiary/aromatic N) is 1. The summed E-state index contributed by atoms with van der Waals surface area (Å²) < 4.78 is 15.1. The Morgan fingerprint density at radius 1 is 1.10 bits per heavy atom. The molecule has 0 spiro atoms. The van der Waals surface area contributed by atoms with Gasteiger partial charge in [0.25, 0.3) is 5.91 Å². The summed E-state index contributed by atoms with van der Waals surface area (Å²) in [6, 6.07) is 4.64. The number of rotatable bonds is 11. The molecule has 3 nitrogen and oxygen atoms in total. The van der Waals surface area contributed by atoms with Crippen LogP contribution in [-0.2, 0) is 0 Å². The van der Waals surface area contributed by atoms with E-state index in [1.807, 2.05) is 0 Å². The van der Waals surface area contributed by atoms with E-state index in [9.17, 15) is 4.79 Å². The third kappa shape index (κ3) is 9.06. The van der Waals surface area contributed by atoms with E-state index in [2.05, 4.69) is 29.3 Å². The first-order valence-electron chi connectivity index (χ1n) is 10.7. The summed E-state index contributed by atoms with van der Waals surface area (Å²) in [6.07, 6.45) is 12.6. The molecule has 1 aromatic rings. The Balaban J connectivity index is 1.65. The number of benzene rings is 1. The first-order chi connectivity index (χ1) is 13.9. The van der Waals surface area contributed by atoms with Gasteiger partial charge in [0.1, 0.15) is 5.67 Å². The molecule has 1 amide bonds. The number of allylic oxidation sites excluding steroid dienone is 2. The van der Waals surface area contributed by atoms with Gasteiger partial charge in [0.2, 0.25) is 0 Å². The molecule has 29 heavy (non-hydrogen) atoms. The van der Waals surface area contributed by atoms with Gasteiger partial charge >= 0.3 is 0 Å². The maximum atomic E-state index is 15.1. The van der Waals surface area contributed by atoms with E-state index >= 15 is 4.39 Å². The van der Waals surface area contributed by atoms with E-state index in [1.54, 1.807) is 6.07 Å². The molecule has 0 aliphatic carbocycles. The van der Waals surface area contributed by atoms with Crippen LogP contribution in [0.1, 0.15) is 68.6 Å². The Morgan fingerprint density at radius 3 is 2.34 bits per heavy atom. The number of carbonyl (C=O) groups is 1. The predicted octanol–water partition coefficient (Wildman–Crippen LogP) is 6.44. The number of halogens is 3. The Bertz CT molecular complexity index is 653. The van der Waals surface area contributed by atoms with Crippen molar-refractivity contribution in [2.24, 2.45) is 0 Å². The van der Waals surface area contributed by atoms with Gasteiger partial charge in [-0.05, 0) is 63.3 Å². The number of hydrogen-bond acceptors (Lipinski definition) is 2. The average Bonchev–Trinajstić information content (AvgIpc) is 2.69. The number of unbranched alkanes of at least 4 members (excludes halogenated alkanes) is 4. The van der Waals surface area contributed by atoms with Gasteiger partial charge in [0.15, 0.2) is 0 Å². The summed E-state index contributed by atoms with van der Waals surface area (Å²) in [4.78, 5) is 14.6. The number of likely N-dealkylation sites (tertiary alicyclic amines) is 1. The van der Waals surface area contributed by atoms with Gasteiger partial charge in [-0.1, -0.05) is 55.1 Å². The monoisotopic (exact) mass is 442 g/mol. The van der Waals surface area contributed by atoms with Crippen LogP contribution in [0.4, 0.5) is 4.39 Å². The molecule has 0 bridgehead atoms. The molecule has 0 atom stereocenters. The Kier molecular flexibility index (Phi) is 10.5. The number of nitrogens with one attached hydrogen (secondary N) is 1. The van der Waals surface area contributed by atoms with E-state index in [-0.39, 0.29) is 12.5 Å². The molecular formula is C23H33Cl2FN2O. The highest BCUT2D eigenvalue weighted by atomic mass is 35.5. The van der Waals surface area contributed by atoms with Crippen molar-refractivity contribution in [1.82, 2.24) is 10.2 Å². The van der Waals surface area contributed by atoms with Crippen molar-refractivity contribution in [1.29, 1.82) is 0 Å². The fourth-order valence-corrected chi connectivity index (χ4v) is 4.09. The molecule has 1 N–H and O–H groups in total. The zero-order chi connectivity index (χ0) is 21.1. The largest absolute Gasteiger partial charge is 0.349 e. The Hall–Kier alpha value is -1.10. The highest BCUT2D eigenvalue weighted by Gasteiger charge is 2.34. The molecule has 2 rings (SSSR count). The SMILES string of the molecule is CCCCCC=CCCCN1CCC(F)(CNC(=O)c2cc(Cl)cc(Cl)c2)CC1. The number of amides is 1. The van der Waals surface area contributed by atoms with Crippen LogP contribution >= 0.6 is 23.2 Å². The minimum atomic E-state index is -1.35. The van der Waals surface area contributed by atoms with E-state index in [1.165, 1.54) is 37.8 Å². The van der Waals surface area contributed by atoms with Crippen molar-refractivity contribution >= 4 is 29.1 Å². The zero-order valence-electron chi connectivity index (χ0n) is 17.4. The smallest absolute Gasteiger partial charge is 0.251 e. The molecular weight excluding hydrogens is 410 g/mol. The number of alkyl halides is 1. The molecule has 0 unspecified atom stereocenters. The molecule has 0 aromatic heterocycles. The van der Waals surface area contributed by atoms with Gasteiger partial charge in [-0.15, -0.1) is 0 Å². The lowest BCUT2D eigenvalue weighted by molar-refractivity contribution is 0.0542. The fraction of sp³-hybridized carbons (Fsp3) is 0.609. The maximum absolute atomic E-state index is 15.1. The van der Waals surface area contributed by atoms with E-state index in [0.717, 1.165) is 32.5 Å². The van der Waals surface area contributed by atoms with Crippen LogP contribution in [0.3, 0.4) is 0 Å². The van der Waals surface area contributed by atoms with Crippen LogP contribution in [0.15, 0.2) is 30.4 Å². The van der Waals surface area contributed by atoms with Crippen molar-refractivity contribution in [2.75, 3.05) is 26.2 Å². The third-order valence-electron chi connectivity index (χ3n) is 5.43. The third-order valence-corrected chi connectivity index (χ3v) is 5.87. The molecule has 1 fully saturated rings.